The van der Waals surface area contributed by atoms with Gasteiger partial charge in [-0.1, -0.05) is 6.92 Å². The van der Waals surface area contributed by atoms with E-state index in [9.17, 15) is 9.90 Å². The van der Waals surface area contributed by atoms with Crippen molar-refractivity contribution in [3.05, 3.63) is 28.9 Å². The van der Waals surface area contributed by atoms with Crippen LogP contribution in [0.5, 0.6) is 0 Å². The largest absolute Gasteiger partial charge is 0.392 e. The standard InChI is InChI=1S/C19H24N4O2S/c1-11-3-5-13(6-4-11)23-10-22-16-15-14(21-9-12(2)24)7-8-20-18(15)26-17(16)19(23)25/h7-8,10-13,24H,3-6,9H2,1-2H3,(H,20,21)/t11?,12-,13?/m0/s1. The summed E-state index contributed by atoms with van der Waals surface area (Å²) in [6, 6.07) is 2.12. The van der Waals surface area contributed by atoms with E-state index in [2.05, 4.69) is 22.2 Å². The maximum absolute atomic E-state index is 13.1. The van der Waals surface area contributed by atoms with Gasteiger partial charge in [0.05, 0.1) is 23.3 Å². The molecule has 0 unspecified atom stereocenters. The summed E-state index contributed by atoms with van der Waals surface area (Å²) in [6.45, 7) is 4.45. The molecule has 0 radical (unpaired) electrons. The zero-order chi connectivity index (χ0) is 18.3. The lowest BCUT2D eigenvalue weighted by Gasteiger charge is -2.27. The van der Waals surface area contributed by atoms with Gasteiger partial charge in [0.2, 0.25) is 0 Å². The molecule has 0 bridgehead atoms. The third-order valence-electron chi connectivity index (χ3n) is 5.27. The Morgan fingerprint density at radius 1 is 1.35 bits per heavy atom. The summed E-state index contributed by atoms with van der Waals surface area (Å²) in [4.78, 5) is 23.0. The number of hydrogen-bond donors (Lipinski definition) is 2. The van der Waals surface area contributed by atoms with E-state index in [4.69, 9.17) is 0 Å². The fourth-order valence-corrected chi connectivity index (χ4v) is 4.81. The van der Waals surface area contributed by atoms with E-state index in [1.807, 2.05) is 10.6 Å². The maximum Gasteiger partial charge on any atom is 0.271 e. The van der Waals surface area contributed by atoms with Crippen molar-refractivity contribution in [2.75, 3.05) is 11.9 Å². The second kappa shape index (κ2) is 6.96. The molecule has 6 nitrogen and oxygen atoms in total. The smallest absolute Gasteiger partial charge is 0.271 e. The molecule has 1 saturated carbocycles. The Bertz CT molecular complexity index is 986. The molecular formula is C19H24N4O2S. The van der Waals surface area contributed by atoms with Crippen LogP contribution >= 0.6 is 11.3 Å². The summed E-state index contributed by atoms with van der Waals surface area (Å²) in [5, 5.41) is 13.7. The van der Waals surface area contributed by atoms with Crippen LogP contribution in [0, 0.1) is 5.92 Å². The van der Waals surface area contributed by atoms with Crippen LogP contribution in [0.15, 0.2) is 23.4 Å². The van der Waals surface area contributed by atoms with E-state index >= 15 is 0 Å². The van der Waals surface area contributed by atoms with E-state index in [0.29, 0.717) is 16.8 Å². The third-order valence-corrected chi connectivity index (χ3v) is 6.35. The molecule has 0 saturated heterocycles. The molecule has 1 fully saturated rings. The zero-order valence-corrected chi connectivity index (χ0v) is 15.9. The molecule has 26 heavy (non-hydrogen) atoms. The van der Waals surface area contributed by atoms with Gasteiger partial charge in [-0.3, -0.25) is 9.36 Å². The molecule has 4 rings (SSSR count). The van der Waals surface area contributed by atoms with Crippen molar-refractivity contribution in [3.63, 3.8) is 0 Å². The minimum atomic E-state index is -0.456. The highest BCUT2D eigenvalue weighted by atomic mass is 32.1. The Labute approximate surface area is 155 Å². The van der Waals surface area contributed by atoms with Crippen LogP contribution in [0.1, 0.15) is 45.6 Å². The van der Waals surface area contributed by atoms with Crippen molar-refractivity contribution in [2.24, 2.45) is 5.92 Å². The Hall–Kier alpha value is -1.99. The van der Waals surface area contributed by atoms with Crippen molar-refractivity contribution in [3.8, 4) is 0 Å². The molecule has 1 atom stereocenters. The van der Waals surface area contributed by atoms with Gasteiger partial charge in [-0.05, 0) is 44.6 Å². The lowest BCUT2D eigenvalue weighted by atomic mass is 9.87. The molecule has 2 N–H and O–H groups in total. The number of aliphatic hydroxyl groups excluding tert-OH is 1. The maximum atomic E-state index is 13.1. The second-order valence-electron chi connectivity index (χ2n) is 7.42. The van der Waals surface area contributed by atoms with Gasteiger partial charge in [-0.2, -0.15) is 0 Å². The van der Waals surface area contributed by atoms with E-state index < -0.39 is 6.10 Å². The second-order valence-corrected chi connectivity index (χ2v) is 8.42. The number of pyridine rings is 1. The molecule has 138 valence electrons. The number of aliphatic hydroxyl groups is 1. The quantitative estimate of drug-likeness (QED) is 0.732. The van der Waals surface area contributed by atoms with Crippen LogP contribution in [0.4, 0.5) is 5.69 Å². The number of fused-ring (bicyclic) bond motifs is 3. The van der Waals surface area contributed by atoms with Gasteiger partial charge in [-0.25, -0.2) is 9.97 Å². The first-order chi connectivity index (χ1) is 12.5. The van der Waals surface area contributed by atoms with Crippen LogP contribution in [-0.4, -0.2) is 32.3 Å². The number of nitrogens with zero attached hydrogens (tertiary/aromatic N) is 3. The number of rotatable bonds is 4. The highest BCUT2D eigenvalue weighted by Gasteiger charge is 2.23. The van der Waals surface area contributed by atoms with Crippen molar-refractivity contribution in [1.82, 2.24) is 14.5 Å². The van der Waals surface area contributed by atoms with Crippen molar-refractivity contribution in [2.45, 2.75) is 51.7 Å². The van der Waals surface area contributed by atoms with Crippen molar-refractivity contribution < 1.29 is 5.11 Å². The monoisotopic (exact) mass is 372 g/mol. The summed E-state index contributed by atoms with van der Waals surface area (Å²) >= 11 is 1.41. The summed E-state index contributed by atoms with van der Waals surface area (Å²) in [5.41, 5.74) is 1.61. The third kappa shape index (κ3) is 3.10. The first-order valence-corrected chi connectivity index (χ1v) is 10.1. The molecular weight excluding hydrogens is 348 g/mol. The fraction of sp³-hybridized carbons (Fsp3) is 0.526. The molecule has 3 aromatic heterocycles. The Morgan fingerprint density at radius 3 is 2.85 bits per heavy atom. The molecule has 0 spiro atoms. The van der Waals surface area contributed by atoms with Gasteiger partial charge < -0.3 is 10.4 Å². The highest BCUT2D eigenvalue weighted by Crippen LogP contribution is 2.35. The van der Waals surface area contributed by atoms with E-state index in [1.54, 1.807) is 19.4 Å². The molecule has 0 amide bonds. The Kier molecular flexibility index (Phi) is 4.67. The summed E-state index contributed by atoms with van der Waals surface area (Å²) in [6.07, 6.45) is 7.39. The lowest BCUT2D eigenvalue weighted by Crippen LogP contribution is -2.27. The molecule has 3 aromatic rings. The predicted molar refractivity (Wildman–Crippen MR) is 106 cm³/mol. The fourth-order valence-electron chi connectivity index (χ4n) is 3.75. The summed E-state index contributed by atoms with van der Waals surface area (Å²) in [5.74, 6) is 0.745. The van der Waals surface area contributed by atoms with Crippen molar-refractivity contribution >= 4 is 37.5 Å². The molecule has 0 aliphatic heterocycles. The van der Waals surface area contributed by atoms with Crippen LogP contribution < -0.4 is 10.9 Å². The van der Waals surface area contributed by atoms with Gasteiger partial charge in [0.15, 0.2) is 0 Å². The molecule has 7 heteroatoms. The minimum Gasteiger partial charge on any atom is -0.392 e. The Morgan fingerprint density at radius 2 is 2.12 bits per heavy atom. The van der Waals surface area contributed by atoms with Crippen LogP contribution in [0.2, 0.25) is 0 Å². The van der Waals surface area contributed by atoms with E-state index in [1.165, 1.54) is 11.3 Å². The first kappa shape index (κ1) is 17.4. The van der Waals surface area contributed by atoms with E-state index in [0.717, 1.165) is 47.5 Å². The zero-order valence-electron chi connectivity index (χ0n) is 15.1. The van der Waals surface area contributed by atoms with Gasteiger partial charge in [0, 0.05) is 24.5 Å². The number of thiophene rings is 1. The number of anilines is 1. The number of aromatic nitrogens is 3. The average Bonchev–Trinajstić information content (AvgIpc) is 3.01. The lowest BCUT2D eigenvalue weighted by molar-refractivity contribution is 0.208. The van der Waals surface area contributed by atoms with Crippen molar-refractivity contribution in [1.29, 1.82) is 0 Å². The van der Waals surface area contributed by atoms with Crippen LogP contribution in [0.25, 0.3) is 20.4 Å². The van der Waals surface area contributed by atoms with Gasteiger partial charge >= 0.3 is 0 Å². The van der Waals surface area contributed by atoms with Crippen LogP contribution in [-0.2, 0) is 0 Å². The first-order valence-electron chi connectivity index (χ1n) is 9.25. The molecule has 3 heterocycles. The normalized spacial score (nSPS) is 22.0. The van der Waals surface area contributed by atoms with Gasteiger partial charge in [-0.15, -0.1) is 11.3 Å². The van der Waals surface area contributed by atoms with Gasteiger partial charge in [0.1, 0.15) is 9.53 Å². The average molecular weight is 372 g/mol. The summed E-state index contributed by atoms with van der Waals surface area (Å²) in [7, 11) is 0. The topological polar surface area (TPSA) is 80.0 Å². The SMILES string of the molecule is CC1CCC(n2cnc3c(sc4nccc(NC[C@H](C)O)c43)c2=O)CC1. The summed E-state index contributed by atoms with van der Waals surface area (Å²) < 4.78 is 2.49. The van der Waals surface area contributed by atoms with Gasteiger partial charge in [0.25, 0.3) is 5.56 Å². The number of hydrogen-bond acceptors (Lipinski definition) is 6. The molecule has 1 aliphatic rings. The molecule has 1 aliphatic carbocycles. The highest BCUT2D eigenvalue weighted by molar-refractivity contribution is 7.25. The Balaban J connectivity index is 1.79. The van der Waals surface area contributed by atoms with Crippen LogP contribution in [0.3, 0.4) is 0 Å². The number of nitrogens with one attached hydrogen (secondary N) is 1. The predicted octanol–water partition coefficient (Wildman–Crippen LogP) is 3.55. The molecule has 0 aromatic carbocycles. The minimum absolute atomic E-state index is 0.0408. The van der Waals surface area contributed by atoms with E-state index in [-0.39, 0.29) is 11.6 Å².